The number of anilines is 1. The average molecular weight is 240 g/mol. The summed E-state index contributed by atoms with van der Waals surface area (Å²) in [5.41, 5.74) is 0.141. The average Bonchev–Trinajstić information content (AvgIpc) is 2.28. The fourth-order valence-corrected chi connectivity index (χ4v) is 1.23. The summed E-state index contributed by atoms with van der Waals surface area (Å²) >= 11 is 0. The van der Waals surface area contributed by atoms with Gasteiger partial charge in [0.05, 0.1) is 12.0 Å². The van der Waals surface area contributed by atoms with E-state index in [1.807, 2.05) is 0 Å². The lowest BCUT2D eigenvalue weighted by Crippen LogP contribution is -2.25. The second-order valence-corrected chi connectivity index (χ2v) is 3.35. The molecule has 0 amide bonds. The molecule has 0 spiro atoms. The van der Waals surface area contributed by atoms with E-state index in [2.05, 4.69) is 5.32 Å². The number of ether oxygens (including phenoxy) is 1. The third-order valence-electron chi connectivity index (χ3n) is 2.13. The van der Waals surface area contributed by atoms with E-state index >= 15 is 0 Å². The molecule has 1 atom stereocenters. The van der Waals surface area contributed by atoms with Crippen LogP contribution in [0.4, 0.5) is 11.4 Å². The van der Waals surface area contributed by atoms with Crippen molar-refractivity contribution >= 4 is 17.3 Å². The molecule has 0 aliphatic heterocycles. The summed E-state index contributed by atoms with van der Waals surface area (Å²) in [5, 5.41) is 22.1. The second kappa shape index (κ2) is 5.15. The molecule has 0 bridgehead atoms. The van der Waals surface area contributed by atoms with E-state index in [0.717, 1.165) is 0 Å². The number of methoxy groups -OCH3 is 1. The van der Waals surface area contributed by atoms with Crippen molar-refractivity contribution in [1.82, 2.24) is 0 Å². The van der Waals surface area contributed by atoms with Gasteiger partial charge in [-0.2, -0.15) is 0 Å². The number of carbonyl (C=O) groups is 1. The first kappa shape index (κ1) is 12.8. The SMILES string of the molecule is COc1ccc(NC(C)C(=O)O)cc1[N+](=O)[O-]. The molecular weight excluding hydrogens is 228 g/mol. The molecule has 2 N–H and O–H groups in total. The molecule has 1 unspecified atom stereocenters. The van der Waals surface area contributed by atoms with Crippen LogP contribution in [0.2, 0.25) is 0 Å². The van der Waals surface area contributed by atoms with Crippen molar-refractivity contribution in [1.29, 1.82) is 0 Å². The Hall–Kier alpha value is -2.31. The lowest BCUT2D eigenvalue weighted by atomic mass is 10.2. The Kier molecular flexibility index (Phi) is 3.86. The number of aliphatic carboxylic acids is 1. The molecule has 0 saturated heterocycles. The van der Waals surface area contributed by atoms with Crippen molar-refractivity contribution < 1.29 is 19.6 Å². The summed E-state index contributed by atoms with van der Waals surface area (Å²) in [6.45, 7) is 1.44. The van der Waals surface area contributed by atoms with Gasteiger partial charge in [-0.1, -0.05) is 0 Å². The van der Waals surface area contributed by atoms with Crippen LogP contribution < -0.4 is 10.1 Å². The molecule has 17 heavy (non-hydrogen) atoms. The monoisotopic (exact) mass is 240 g/mol. The number of nitro groups is 1. The molecule has 0 fully saturated rings. The predicted molar refractivity (Wildman–Crippen MR) is 60.4 cm³/mol. The van der Waals surface area contributed by atoms with Crippen LogP contribution in [0.15, 0.2) is 18.2 Å². The zero-order chi connectivity index (χ0) is 13.0. The van der Waals surface area contributed by atoms with Crippen molar-refractivity contribution in [3.8, 4) is 5.75 Å². The van der Waals surface area contributed by atoms with Gasteiger partial charge in [0.1, 0.15) is 6.04 Å². The molecule has 0 radical (unpaired) electrons. The smallest absolute Gasteiger partial charge is 0.325 e. The maximum atomic E-state index is 10.7. The Labute approximate surface area is 97.2 Å². The highest BCUT2D eigenvalue weighted by molar-refractivity contribution is 5.77. The fraction of sp³-hybridized carbons (Fsp3) is 0.300. The van der Waals surface area contributed by atoms with E-state index in [0.29, 0.717) is 5.69 Å². The zero-order valence-electron chi connectivity index (χ0n) is 9.34. The highest BCUT2D eigenvalue weighted by Gasteiger charge is 2.17. The number of hydrogen-bond acceptors (Lipinski definition) is 5. The molecule has 7 nitrogen and oxygen atoms in total. The Morgan fingerprint density at radius 3 is 2.71 bits per heavy atom. The van der Waals surface area contributed by atoms with E-state index in [4.69, 9.17) is 9.84 Å². The largest absolute Gasteiger partial charge is 0.490 e. The highest BCUT2D eigenvalue weighted by Crippen LogP contribution is 2.29. The van der Waals surface area contributed by atoms with Crippen LogP contribution in [0, 0.1) is 10.1 Å². The zero-order valence-corrected chi connectivity index (χ0v) is 9.34. The van der Waals surface area contributed by atoms with Gasteiger partial charge >= 0.3 is 11.7 Å². The lowest BCUT2D eigenvalue weighted by Gasteiger charge is -2.11. The maximum Gasteiger partial charge on any atom is 0.325 e. The van der Waals surface area contributed by atoms with Crippen LogP contribution in [0.5, 0.6) is 5.75 Å². The van der Waals surface area contributed by atoms with Crippen LogP contribution in [0.1, 0.15) is 6.92 Å². The number of nitro benzene ring substituents is 1. The first-order chi connectivity index (χ1) is 7.95. The molecule has 0 heterocycles. The van der Waals surface area contributed by atoms with Gasteiger partial charge in [0.25, 0.3) is 0 Å². The van der Waals surface area contributed by atoms with Gasteiger partial charge in [-0.15, -0.1) is 0 Å². The van der Waals surface area contributed by atoms with E-state index in [-0.39, 0.29) is 11.4 Å². The van der Waals surface area contributed by atoms with Gasteiger partial charge in [-0.05, 0) is 19.1 Å². The van der Waals surface area contributed by atoms with Crippen molar-refractivity contribution in [2.24, 2.45) is 0 Å². The molecular formula is C10H12N2O5. The highest BCUT2D eigenvalue weighted by atomic mass is 16.6. The Morgan fingerprint density at radius 2 is 2.24 bits per heavy atom. The second-order valence-electron chi connectivity index (χ2n) is 3.35. The van der Waals surface area contributed by atoms with Crippen LogP contribution in [-0.4, -0.2) is 29.2 Å². The topological polar surface area (TPSA) is 102 Å². The van der Waals surface area contributed by atoms with Gasteiger partial charge in [-0.3, -0.25) is 14.9 Å². The van der Waals surface area contributed by atoms with Gasteiger partial charge in [0.15, 0.2) is 5.75 Å². The minimum absolute atomic E-state index is 0.128. The van der Waals surface area contributed by atoms with Gasteiger partial charge in [0.2, 0.25) is 0 Å². The van der Waals surface area contributed by atoms with Crippen molar-refractivity contribution in [3.05, 3.63) is 28.3 Å². The molecule has 0 aromatic heterocycles. The molecule has 0 aliphatic carbocycles. The third-order valence-corrected chi connectivity index (χ3v) is 2.13. The van der Waals surface area contributed by atoms with E-state index in [1.165, 1.54) is 32.2 Å². The first-order valence-corrected chi connectivity index (χ1v) is 4.77. The van der Waals surface area contributed by atoms with Crippen LogP contribution in [-0.2, 0) is 4.79 Å². The van der Waals surface area contributed by atoms with Crippen molar-refractivity contribution in [3.63, 3.8) is 0 Å². The van der Waals surface area contributed by atoms with Gasteiger partial charge in [0, 0.05) is 11.8 Å². The van der Waals surface area contributed by atoms with Crippen LogP contribution in [0.25, 0.3) is 0 Å². The molecule has 0 saturated carbocycles. The van der Waals surface area contributed by atoms with Crippen molar-refractivity contribution in [2.75, 3.05) is 12.4 Å². The number of carboxylic acid groups (broad SMARTS) is 1. The Bertz CT molecular complexity index is 446. The Balaban J connectivity index is 3.00. The Morgan fingerprint density at radius 1 is 1.59 bits per heavy atom. The van der Waals surface area contributed by atoms with E-state index in [9.17, 15) is 14.9 Å². The van der Waals surface area contributed by atoms with Gasteiger partial charge < -0.3 is 15.2 Å². The number of carboxylic acids is 1. The van der Waals surface area contributed by atoms with Gasteiger partial charge in [-0.25, -0.2) is 0 Å². The standard InChI is InChI=1S/C10H12N2O5/c1-6(10(13)14)11-7-3-4-9(17-2)8(5-7)12(15)16/h3-6,11H,1-2H3,(H,13,14). The first-order valence-electron chi connectivity index (χ1n) is 4.77. The number of hydrogen-bond donors (Lipinski definition) is 2. The van der Waals surface area contributed by atoms with Crippen LogP contribution >= 0.6 is 0 Å². The predicted octanol–water partition coefficient (Wildman–Crippen LogP) is 1.49. The normalized spacial score (nSPS) is 11.6. The number of nitrogens with zero attached hydrogens (tertiary/aromatic N) is 1. The summed E-state index contributed by atoms with van der Waals surface area (Å²) in [6.07, 6.45) is 0. The molecule has 7 heteroatoms. The minimum Gasteiger partial charge on any atom is -0.490 e. The molecule has 0 aliphatic rings. The molecule has 1 aromatic carbocycles. The summed E-state index contributed by atoms with van der Waals surface area (Å²) in [6, 6.07) is 3.33. The quantitative estimate of drug-likeness (QED) is 0.597. The summed E-state index contributed by atoms with van der Waals surface area (Å²) in [5.74, 6) is -0.910. The number of nitrogens with one attached hydrogen (secondary N) is 1. The van der Waals surface area contributed by atoms with E-state index in [1.54, 1.807) is 0 Å². The molecule has 1 rings (SSSR count). The number of rotatable bonds is 5. The lowest BCUT2D eigenvalue weighted by molar-refractivity contribution is -0.385. The molecule has 1 aromatic rings. The van der Waals surface area contributed by atoms with Crippen molar-refractivity contribution in [2.45, 2.75) is 13.0 Å². The van der Waals surface area contributed by atoms with E-state index < -0.39 is 16.9 Å². The summed E-state index contributed by atoms with van der Waals surface area (Å²) < 4.78 is 4.83. The summed E-state index contributed by atoms with van der Waals surface area (Å²) in [4.78, 5) is 20.8. The van der Waals surface area contributed by atoms with Crippen LogP contribution in [0.3, 0.4) is 0 Å². The minimum atomic E-state index is -1.04. The third kappa shape index (κ3) is 3.07. The molecule has 92 valence electrons. The maximum absolute atomic E-state index is 10.7. The number of benzene rings is 1. The fourth-order valence-electron chi connectivity index (χ4n) is 1.23. The summed E-state index contributed by atoms with van der Waals surface area (Å²) in [7, 11) is 1.33.